The highest BCUT2D eigenvalue weighted by molar-refractivity contribution is 7.98. The zero-order valence-corrected chi connectivity index (χ0v) is 25.1. The molecule has 0 spiro atoms. The Morgan fingerprint density at radius 1 is 0.667 bits per heavy atom. The van der Waals surface area contributed by atoms with Gasteiger partial charge in [-0.15, -0.1) is 11.8 Å². The average molecular weight is 609 g/mol. The minimum absolute atomic E-state index is 0.00572. The van der Waals surface area contributed by atoms with E-state index in [1.54, 1.807) is 40.6 Å². The molecule has 7 aromatic rings. The number of aromatic amines is 1. The molecule has 2 heterocycles. The van der Waals surface area contributed by atoms with Gasteiger partial charge in [-0.05, 0) is 59.8 Å². The number of para-hydroxylation sites is 3. The number of nitrogens with zero attached hydrogens (tertiary/aromatic N) is 1. The second-order valence-electron chi connectivity index (χ2n) is 10.8. The van der Waals surface area contributed by atoms with E-state index in [-0.39, 0.29) is 22.6 Å². The van der Waals surface area contributed by atoms with E-state index in [0.717, 1.165) is 16.0 Å². The number of hydrogen-bond donors (Lipinski definition) is 3. The van der Waals surface area contributed by atoms with E-state index in [9.17, 15) is 19.8 Å². The van der Waals surface area contributed by atoms with Gasteiger partial charge in [0.25, 0.3) is 11.1 Å². The molecule has 7 rings (SSSR count). The van der Waals surface area contributed by atoms with Crippen molar-refractivity contribution in [1.82, 2.24) is 9.55 Å². The number of thioether (sulfide) groups is 1. The fraction of sp³-hybridized carbons (Fsp3) is 0.0526. The summed E-state index contributed by atoms with van der Waals surface area (Å²) in [4.78, 5) is 32.8. The third-order valence-corrected chi connectivity index (χ3v) is 9.02. The van der Waals surface area contributed by atoms with E-state index < -0.39 is 17.0 Å². The molecular weight excluding hydrogens is 580 g/mol. The van der Waals surface area contributed by atoms with Crippen molar-refractivity contribution < 1.29 is 10.2 Å². The van der Waals surface area contributed by atoms with Gasteiger partial charge < -0.3 is 15.2 Å². The summed E-state index contributed by atoms with van der Waals surface area (Å²) in [7, 11) is 0. The molecule has 0 aliphatic rings. The van der Waals surface area contributed by atoms with E-state index in [1.807, 2.05) is 109 Å². The lowest BCUT2D eigenvalue weighted by molar-refractivity contribution is 0.462. The van der Waals surface area contributed by atoms with E-state index in [0.29, 0.717) is 33.1 Å². The van der Waals surface area contributed by atoms with Crippen LogP contribution in [0.5, 0.6) is 11.5 Å². The smallest absolute Gasteiger partial charge is 0.263 e. The molecule has 5 aromatic carbocycles. The maximum absolute atomic E-state index is 14.6. The van der Waals surface area contributed by atoms with Crippen LogP contribution in [0.4, 0.5) is 0 Å². The molecule has 0 radical (unpaired) electrons. The van der Waals surface area contributed by atoms with Crippen LogP contribution in [0, 0.1) is 0 Å². The fourth-order valence-corrected chi connectivity index (χ4v) is 6.56. The van der Waals surface area contributed by atoms with Gasteiger partial charge in [0.2, 0.25) is 0 Å². The van der Waals surface area contributed by atoms with E-state index >= 15 is 0 Å². The maximum Gasteiger partial charge on any atom is 0.263 e. The predicted octanol–water partition coefficient (Wildman–Crippen LogP) is 7.81. The molecule has 45 heavy (non-hydrogen) atoms. The van der Waals surface area contributed by atoms with Gasteiger partial charge in [0.05, 0.1) is 28.1 Å². The summed E-state index contributed by atoms with van der Waals surface area (Å²) in [6.45, 7) is 0. The Kier molecular flexibility index (Phi) is 7.23. The molecule has 0 fully saturated rings. The summed E-state index contributed by atoms with van der Waals surface area (Å²) in [5, 5.41) is 24.7. The van der Waals surface area contributed by atoms with Crippen LogP contribution in [0.15, 0.2) is 142 Å². The quantitative estimate of drug-likeness (QED) is 0.167. The van der Waals surface area contributed by atoms with Crippen molar-refractivity contribution in [2.24, 2.45) is 0 Å². The van der Waals surface area contributed by atoms with Gasteiger partial charge >= 0.3 is 0 Å². The second kappa shape index (κ2) is 11.5. The zero-order chi connectivity index (χ0) is 31.1. The summed E-state index contributed by atoms with van der Waals surface area (Å²) < 4.78 is 1.55. The number of hydrogen-bond acceptors (Lipinski definition) is 5. The van der Waals surface area contributed by atoms with Gasteiger partial charge in [-0.2, -0.15) is 0 Å². The summed E-state index contributed by atoms with van der Waals surface area (Å²) in [5.41, 5.74) is 2.76. The summed E-state index contributed by atoms with van der Waals surface area (Å²) in [5.74, 6) is -1.58. The van der Waals surface area contributed by atoms with Crippen LogP contribution < -0.4 is 11.1 Å². The lowest BCUT2D eigenvalue weighted by atomic mass is 9.83. The largest absolute Gasteiger partial charge is 0.507 e. The minimum Gasteiger partial charge on any atom is -0.507 e. The number of benzene rings is 5. The molecule has 1 atom stereocenters. The van der Waals surface area contributed by atoms with Crippen molar-refractivity contribution in [3.63, 3.8) is 0 Å². The standard InChI is InChI=1S/C38H28N2O4S/c1-45-26-21-19-24(20-22-26)31(32-36(42)29-17-10-16-27(34(29)39-37(32)43)23-11-4-2-5-12-23)33-35(41)28-15-8-9-18-30(28)40(38(33)44)25-13-6-3-7-14-25/h2-22,31,41H,1H3,(H2,39,42,43)/t31-/m1/s1. The van der Waals surface area contributed by atoms with E-state index in [2.05, 4.69) is 4.98 Å². The van der Waals surface area contributed by atoms with E-state index in [1.165, 1.54) is 0 Å². The Hall–Kier alpha value is -5.53. The molecule has 7 heteroatoms. The van der Waals surface area contributed by atoms with E-state index in [4.69, 9.17) is 0 Å². The Morgan fingerprint density at radius 2 is 1.29 bits per heavy atom. The van der Waals surface area contributed by atoms with Crippen LogP contribution in [-0.4, -0.2) is 26.0 Å². The fourth-order valence-electron chi connectivity index (χ4n) is 6.16. The van der Waals surface area contributed by atoms with Crippen molar-refractivity contribution in [1.29, 1.82) is 0 Å². The first kappa shape index (κ1) is 28.3. The maximum atomic E-state index is 14.6. The molecule has 3 N–H and O–H groups in total. The first-order valence-corrected chi connectivity index (χ1v) is 15.7. The van der Waals surface area contributed by atoms with Crippen molar-refractivity contribution in [3.05, 3.63) is 165 Å². The van der Waals surface area contributed by atoms with Crippen molar-refractivity contribution in [2.75, 3.05) is 6.26 Å². The number of aromatic hydroxyl groups is 2. The van der Waals surface area contributed by atoms with Crippen LogP contribution in [-0.2, 0) is 0 Å². The normalized spacial score (nSPS) is 12.0. The Labute approximate surface area is 262 Å². The topological polar surface area (TPSA) is 95.3 Å². The zero-order valence-electron chi connectivity index (χ0n) is 24.3. The Bertz CT molecular complexity index is 2310. The molecule has 0 amide bonds. The van der Waals surface area contributed by atoms with Crippen LogP contribution in [0.1, 0.15) is 22.6 Å². The molecule has 0 saturated carbocycles. The van der Waals surface area contributed by atoms with Gasteiger partial charge in [-0.1, -0.05) is 84.9 Å². The molecule has 0 bridgehead atoms. The molecular formula is C38H28N2O4S. The third-order valence-electron chi connectivity index (χ3n) is 8.27. The highest BCUT2D eigenvalue weighted by Crippen LogP contribution is 2.43. The first-order valence-electron chi connectivity index (χ1n) is 14.5. The van der Waals surface area contributed by atoms with Gasteiger partial charge in [-0.3, -0.25) is 14.2 Å². The molecule has 0 unspecified atom stereocenters. The molecule has 6 nitrogen and oxygen atoms in total. The predicted molar refractivity (Wildman–Crippen MR) is 182 cm³/mol. The summed E-state index contributed by atoms with van der Waals surface area (Å²) in [6, 6.07) is 38.9. The highest BCUT2D eigenvalue weighted by atomic mass is 32.2. The van der Waals surface area contributed by atoms with Crippen molar-refractivity contribution in [2.45, 2.75) is 10.8 Å². The monoisotopic (exact) mass is 608 g/mol. The van der Waals surface area contributed by atoms with Crippen LogP contribution >= 0.6 is 11.8 Å². The molecule has 2 aromatic heterocycles. The number of rotatable bonds is 6. The minimum atomic E-state index is -1.10. The van der Waals surface area contributed by atoms with Crippen molar-refractivity contribution in [3.8, 4) is 28.3 Å². The summed E-state index contributed by atoms with van der Waals surface area (Å²) >= 11 is 1.56. The number of H-pyrrole nitrogens is 1. The van der Waals surface area contributed by atoms with Crippen LogP contribution in [0.3, 0.4) is 0 Å². The average Bonchev–Trinajstić information content (AvgIpc) is 3.08. The molecule has 220 valence electrons. The molecule has 0 aliphatic carbocycles. The van der Waals surface area contributed by atoms with Gasteiger partial charge in [-0.25, -0.2) is 0 Å². The van der Waals surface area contributed by atoms with Gasteiger partial charge in [0.1, 0.15) is 11.5 Å². The first-order chi connectivity index (χ1) is 22.0. The highest BCUT2D eigenvalue weighted by Gasteiger charge is 2.32. The molecule has 0 saturated heterocycles. The lowest BCUT2D eigenvalue weighted by Crippen LogP contribution is -2.28. The third kappa shape index (κ3) is 4.78. The van der Waals surface area contributed by atoms with Crippen LogP contribution in [0.25, 0.3) is 38.6 Å². The van der Waals surface area contributed by atoms with Gasteiger partial charge in [0.15, 0.2) is 0 Å². The lowest BCUT2D eigenvalue weighted by Gasteiger charge is -2.23. The van der Waals surface area contributed by atoms with Crippen molar-refractivity contribution >= 4 is 33.6 Å². The summed E-state index contributed by atoms with van der Waals surface area (Å²) in [6.07, 6.45) is 1.96. The van der Waals surface area contributed by atoms with Crippen LogP contribution in [0.2, 0.25) is 0 Å². The number of pyridine rings is 2. The number of nitrogens with one attached hydrogen (secondary N) is 1. The number of fused-ring (bicyclic) bond motifs is 2. The molecule has 0 aliphatic heterocycles. The van der Waals surface area contributed by atoms with Gasteiger partial charge in [0, 0.05) is 26.9 Å². The SMILES string of the molecule is CSc1ccc([C@H](c2c(O)c3cccc(-c4ccccc4)c3[nH]c2=O)c2c(O)c3ccccc3n(-c3ccccc3)c2=O)cc1. The Balaban J connectivity index is 1.59. The second-order valence-corrected chi connectivity index (χ2v) is 11.7. The number of aromatic nitrogens is 2. The Morgan fingerprint density at radius 3 is 2.00 bits per heavy atom.